The normalized spacial score (nSPS) is 21.1. The largest absolute Gasteiger partial charge is 0.466 e. The van der Waals surface area contributed by atoms with Gasteiger partial charge in [-0.2, -0.15) is 4.98 Å². The Morgan fingerprint density at radius 3 is 2.67 bits per heavy atom. The Labute approximate surface area is 212 Å². The quantitative estimate of drug-likeness (QED) is 0.473. The highest BCUT2D eigenvalue weighted by Gasteiger charge is 2.44. The van der Waals surface area contributed by atoms with Crippen LogP contribution in [0, 0.1) is 17.8 Å². The molecule has 1 aliphatic heterocycles. The third-order valence-corrected chi connectivity index (χ3v) is 7.67. The number of esters is 1. The lowest BCUT2D eigenvalue weighted by molar-refractivity contribution is -0.151. The summed E-state index contributed by atoms with van der Waals surface area (Å²) in [7, 11) is 3.56. The Hall–Kier alpha value is -3.48. The Bertz CT molecular complexity index is 1250. The molecule has 0 bridgehead atoms. The molecule has 2 aliphatic rings. The van der Waals surface area contributed by atoms with Crippen LogP contribution in [0.25, 0.3) is 11.0 Å². The summed E-state index contributed by atoms with van der Waals surface area (Å²) in [6, 6.07) is 2.39. The van der Waals surface area contributed by atoms with Gasteiger partial charge in [-0.25, -0.2) is 14.8 Å². The maximum absolute atomic E-state index is 12.7. The number of likely N-dealkylation sites (tertiary alicyclic amines) is 1. The molecular weight excluding hydrogens is 484 g/mol. The Morgan fingerprint density at radius 2 is 2.00 bits per heavy atom. The van der Waals surface area contributed by atoms with Crippen LogP contribution in [0.3, 0.4) is 0 Å². The third kappa shape index (κ3) is 4.66. The number of fused-ring (bicyclic) bond motifs is 2. The number of carbonyl (C=O) groups is 2. The van der Waals surface area contributed by atoms with Crippen molar-refractivity contribution in [2.45, 2.75) is 39.5 Å². The number of hydrogen-bond donors (Lipinski definition) is 1. The molecule has 12 nitrogen and oxygen atoms in total. The molecule has 1 N–H and O–H groups in total. The zero-order chi connectivity index (χ0) is 25.4. The molecule has 3 aromatic heterocycles. The highest BCUT2D eigenvalue weighted by atomic mass is 32.1. The van der Waals surface area contributed by atoms with Crippen LogP contribution < -0.4 is 15.0 Å². The van der Waals surface area contributed by atoms with Crippen LogP contribution in [0.5, 0.6) is 6.01 Å². The van der Waals surface area contributed by atoms with Crippen molar-refractivity contribution in [1.82, 2.24) is 28.8 Å². The van der Waals surface area contributed by atoms with E-state index in [1.54, 1.807) is 6.33 Å². The van der Waals surface area contributed by atoms with Gasteiger partial charge >= 0.3 is 18.0 Å². The first-order chi connectivity index (χ1) is 17.3. The topological polar surface area (TPSA) is 128 Å². The summed E-state index contributed by atoms with van der Waals surface area (Å²) < 4.78 is 16.2. The summed E-state index contributed by atoms with van der Waals surface area (Å²) in [6.07, 6.45) is 5.39. The Balaban J connectivity index is 1.21. The van der Waals surface area contributed by atoms with Crippen molar-refractivity contribution in [2.75, 3.05) is 37.5 Å². The fraction of sp³-hybridized carbons (Fsp3) is 0.565. The molecule has 192 valence electrons. The number of aromatic nitrogens is 5. The minimum absolute atomic E-state index is 0.121. The van der Waals surface area contributed by atoms with Gasteiger partial charge in [0.15, 0.2) is 6.73 Å². The molecule has 5 rings (SSSR count). The molecule has 4 heterocycles. The van der Waals surface area contributed by atoms with Crippen molar-refractivity contribution in [3.63, 3.8) is 0 Å². The molecule has 1 unspecified atom stereocenters. The van der Waals surface area contributed by atoms with E-state index in [4.69, 9.17) is 9.47 Å². The Kier molecular flexibility index (Phi) is 6.65. The van der Waals surface area contributed by atoms with E-state index in [2.05, 4.69) is 36.6 Å². The molecule has 1 aliphatic carbocycles. The number of urea groups is 1. The van der Waals surface area contributed by atoms with Crippen molar-refractivity contribution >= 4 is 45.5 Å². The SMILES string of the molecule is COc1nsc(NC(=O)N2C[C@H]3CC(N(C)c4ncnc5c4ccn5COC(=O)C(C)C)C[C@H]3C2)n1. The number of carbonyl (C=O) groups excluding carboxylic acids is 2. The number of rotatable bonds is 7. The van der Waals surface area contributed by atoms with Gasteiger partial charge in [-0.3, -0.25) is 14.7 Å². The summed E-state index contributed by atoms with van der Waals surface area (Å²) in [5, 5.41) is 4.18. The monoisotopic (exact) mass is 514 g/mol. The van der Waals surface area contributed by atoms with Gasteiger partial charge in [-0.15, -0.1) is 4.37 Å². The number of methoxy groups -OCH3 is 1. The van der Waals surface area contributed by atoms with Gasteiger partial charge in [0.25, 0.3) is 0 Å². The molecule has 2 amide bonds. The molecule has 1 saturated carbocycles. The molecule has 3 atom stereocenters. The second kappa shape index (κ2) is 9.88. The zero-order valence-electron chi connectivity index (χ0n) is 20.7. The second-order valence-electron chi connectivity index (χ2n) is 9.64. The summed E-state index contributed by atoms with van der Waals surface area (Å²) in [6.45, 7) is 5.17. The molecule has 36 heavy (non-hydrogen) atoms. The highest BCUT2D eigenvalue weighted by molar-refractivity contribution is 7.10. The standard InChI is InChI=1S/C23H30N8O4S/c1-13(2)20(32)35-12-30-6-5-17-18(24-11-25-19(17)30)29(3)16-7-14-9-31(10-15(14)8-16)23(33)27-22-26-21(34-4)28-36-22/h5-6,11,13-16H,7-10,12H2,1-4H3,(H,26,27,28,33)/t14-,15+,16?. The maximum atomic E-state index is 12.7. The molecule has 1 saturated heterocycles. The fourth-order valence-corrected chi connectivity index (χ4v) is 5.64. The smallest absolute Gasteiger partial charge is 0.329 e. The van der Waals surface area contributed by atoms with Gasteiger partial charge in [0, 0.05) is 43.9 Å². The van der Waals surface area contributed by atoms with Crippen molar-refractivity contribution in [2.24, 2.45) is 17.8 Å². The van der Waals surface area contributed by atoms with E-state index >= 15 is 0 Å². The molecule has 3 aromatic rings. The Morgan fingerprint density at radius 1 is 1.25 bits per heavy atom. The van der Waals surface area contributed by atoms with E-state index in [0.717, 1.165) is 41.2 Å². The third-order valence-electron chi connectivity index (χ3n) is 7.05. The number of ether oxygens (including phenoxy) is 2. The lowest BCUT2D eigenvalue weighted by Crippen LogP contribution is -2.36. The fourth-order valence-electron chi connectivity index (χ4n) is 5.11. The van der Waals surface area contributed by atoms with Crippen molar-refractivity contribution in [1.29, 1.82) is 0 Å². The van der Waals surface area contributed by atoms with Crippen LogP contribution in [0.4, 0.5) is 15.7 Å². The zero-order valence-corrected chi connectivity index (χ0v) is 21.6. The van der Waals surface area contributed by atoms with Gasteiger partial charge in [0.05, 0.1) is 18.4 Å². The van der Waals surface area contributed by atoms with Crippen molar-refractivity contribution in [3.05, 3.63) is 18.6 Å². The lowest BCUT2D eigenvalue weighted by Gasteiger charge is -2.28. The van der Waals surface area contributed by atoms with Crippen LogP contribution in [0.2, 0.25) is 0 Å². The number of nitrogens with zero attached hydrogens (tertiary/aromatic N) is 7. The van der Waals surface area contributed by atoms with Gasteiger partial charge in [-0.1, -0.05) is 13.8 Å². The number of anilines is 2. The van der Waals surface area contributed by atoms with E-state index < -0.39 is 0 Å². The van der Waals surface area contributed by atoms with E-state index in [-0.39, 0.29) is 30.7 Å². The first kappa shape index (κ1) is 24.2. The number of amides is 2. The van der Waals surface area contributed by atoms with Gasteiger partial charge in [-0.05, 0) is 30.7 Å². The average Bonchev–Trinajstić information content (AvgIpc) is 3.64. The van der Waals surface area contributed by atoms with Gasteiger partial charge in [0.2, 0.25) is 5.13 Å². The van der Waals surface area contributed by atoms with Crippen molar-refractivity contribution in [3.8, 4) is 6.01 Å². The van der Waals surface area contributed by atoms with Crippen LogP contribution in [-0.4, -0.2) is 74.1 Å². The minimum atomic E-state index is -0.244. The molecule has 13 heteroatoms. The molecular formula is C23H30N8O4S. The number of nitrogens with one attached hydrogen (secondary N) is 1. The lowest BCUT2D eigenvalue weighted by atomic mass is 10.0. The first-order valence-corrected chi connectivity index (χ1v) is 12.7. The van der Waals surface area contributed by atoms with E-state index in [1.807, 2.05) is 35.6 Å². The average molecular weight is 515 g/mol. The van der Waals surface area contributed by atoms with Crippen LogP contribution >= 0.6 is 11.5 Å². The maximum Gasteiger partial charge on any atom is 0.329 e. The van der Waals surface area contributed by atoms with Crippen molar-refractivity contribution < 1.29 is 19.1 Å². The molecule has 0 radical (unpaired) electrons. The van der Waals surface area contributed by atoms with Gasteiger partial charge < -0.3 is 19.3 Å². The predicted octanol–water partition coefficient (Wildman–Crippen LogP) is 2.83. The van der Waals surface area contributed by atoms with Crippen LogP contribution in [0.15, 0.2) is 18.6 Å². The summed E-state index contributed by atoms with van der Waals surface area (Å²) >= 11 is 1.10. The van der Waals surface area contributed by atoms with Gasteiger partial charge in [0.1, 0.15) is 17.8 Å². The molecule has 2 fully saturated rings. The van der Waals surface area contributed by atoms with Crippen LogP contribution in [0.1, 0.15) is 26.7 Å². The van der Waals surface area contributed by atoms with E-state index in [0.29, 0.717) is 36.1 Å². The molecule has 0 aromatic carbocycles. The molecule has 0 spiro atoms. The van der Waals surface area contributed by atoms with E-state index in [9.17, 15) is 9.59 Å². The minimum Gasteiger partial charge on any atom is -0.466 e. The first-order valence-electron chi connectivity index (χ1n) is 12.0. The highest BCUT2D eigenvalue weighted by Crippen LogP contribution is 2.41. The van der Waals surface area contributed by atoms with Crippen LogP contribution in [-0.2, 0) is 16.3 Å². The summed E-state index contributed by atoms with van der Waals surface area (Å²) in [5.74, 6) is 1.30. The second-order valence-corrected chi connectivity index (χ2v) is 10.4. The number of hydrogen-bond acceptors (Lipinski definition) is 10. The summed E-state index contributed by atoms with van der Waals surface area (Å²) in [5.41, 5.74) is 0.734. The summed E-state index contributed by atoms with van der Waals surface area (Å²) in [4.78, 5) is 41.8. The van der Waals surface area contributed by atoms with E-state index in [1.165, 1.54) is 7.11 Å². The predicted molar refractivity (Wildman–Crippen MR) is 134 cm³/mol.